The van der Waals surface area contributed by atoms with Gasteiger partial charge in [0.2, 0.25) is 0 Å². The SMILES string of the molecule is CN1C(=O)C2(CCCC2)NC(=O)c2ccccc21. The van der Waals surface area contributed by atoms with Crippen molar-refractivity contribution in [1.29, 1.82) is 0 Å². The molecule has 2 aliphatic rings. The topological polar surface area (TPSA) is 49.4 Å². The van der Waals surface area contributed by atoms with Crippen LogP contribution in [0.25, 0.3) is 0 Å². The maximum Gasteiger partial charge on any atom is 0.254 e. The Morgan fingerprint density at radius 1 is 1.17 bits per heavy atom. The van der Waals surface area contributed by atoms with Crippen molar-refractivity contribution >= 4 is 17.5 Å². The molecule has 0 atom stereocenters. The predicted molar refractivity (Wildman–Crippen MR) is 68.5 cm³/mol. The minimum Gasteiger partial charge on any atom is -0.338 e. The first-order valence-electron chi connectivity index (χ1n) is 6.34. The Morgan fingerprint density at radius 3 is 2.56 bits per heavy atom. The summed E-state index contributed by atoms with van der Waals surface area (Å²) in [7, 11) is 1.75. The summed E-state index contributed by atoms with van der Waals surface area (Å²) in [5.74, 6) is -0.122. The molecule has 1 aliphatic carbocycles. The maximum absolute atomic E-state index is 12.6. The van der Waals surface area contributed by atoms with Crippen molar-refractivity contribution in [2.45, 2.75) is 31.2 Å². The number of amides is 2. The van der Waals surface area contributed by atoms with E-state index in [1.165, 1.54) is 0 Å². The van der Waals surface area contributed by atoms with Crippen molar-refractivity contribution in [1.82, 2.24) is 5.32 Å². The van der Waals surface area contributed by atoms with Crippen molar-refractivity contribution < 1.29 is 9.59 Å². The van der Waals surface area contributed by atoms with Gasteiger partial charge in [-0.25, -0.2) is 0 Å². The van der Waals surface area contributed by atoms with Crippen molar-refractivity contribution in [3.63, 3.8) is 0 Å². The van der Waals surface area contributed by atoms with Crippen molar-refractivity contribution in [2.24, 2.45) is 0 Å². The average Bonchev–Trinajstić information content (AvgIpc) is 2.83. The third-order valence-corrected chi connectivity index (χ3v) is 4.03. The van der Waals surface area contributed by atoms with Crippen LogP contribution in [0.3, 0.4) is 0 Å². The van der Waals surface area contributed by atoms with E-state index in [-0.39, 0.29) is 11.8 Å². The highest BCUT2D eigenvalue weighted by Crippen LogP contribution is 2.36. The van der Waals surface area contributed by atoms with Gasteiger partial charge in [0.05, 0.1) is 11.3 Å². The molecule has 0 aromatic heterocycles. The molecule has 1 saturated carbocycles. The van der Waals surface area contributed by atoms with E-state index in [1.807, 2.05) is 18.2 Å². The van der Waals surface area contributed by atoms with Gasteiger partial charge in [-0.2, -0.15) is 0 Å². The van der Waals surface area contributed by atoms with Gasteiger partial charge in [-0.05, 0) is 25.0 Å². The first kappa shape index (κ1) is 11.3. The third-order valence-electron chi connectivity index (χ3n) is 4.03. The highest BCUT2D eigenvalue weighted by molar-refractivity contribution is 6.12. The fourth-order valence-corrected chi connectivity index (χ4v) is 3.04. The molecule has 4 nitrogen and oxygen atoms in total. The van der Waals surface area contributed by atoms with E-state index >= 15 is 0 Å². The van der Waals surface area contributed by atoms with Crippen LogP contribution in [0.15, 0.2) is 24.3 Å². The monoisotopic (exact) mass is 244 g/mol. The zero-order valence-corrected chi connectivity index (χ0v) is 10.4. The fraction of sp³-hybridized carbons (Fsp3) is 0.429. The molecule has 3 rings (SSSR count). The first-order valence-corrected chi connectivity index (χ1v) is 6.34. The Hall–Kier alpha value is -1.84. The third kappa shape index (κ3) is 1.45. The molecule has 1 N–H and O–H groups in total. The smallest absolute Gasteiger partial charge is 0.254 e. The molecular weight excluding hydrogens is 228 g/mol. The number of nitrogens with zero attached hydrogens (tertiary/aromatic N) is 1. The largest absolute Gasteiger partial charge is 0.338 e. The first-order chi connectivity index (χ1) is 8.64. The maximum atomic E-state index is 12.6. The fourth-order valence-electron chi connectivity index (χ4n) is 3.04. The van der Waals surface area contributed by atoms with Crippen LogP contribution in [-0.4, -0.2) is 24.4 Å². The molecule has 1 aromatic carbocycles. The van der Waals surface area contributed by atoms with Gasteiger partial charge in [0.25, 0.3) is 11.8 Å². The molecule has 1 aliphatic heterocycles. The summed E-state index contributed by atoms with van der Waals surface area (Å²) in [6.45, 7) is 0. The molecule has 4 heteroatoms. The van der Waals surface area contributed by atoms with E-state index in [9.17, 15) is 9.59 Å². The summed E-state index contributed by atoms with van der Waals surface area (Å²) < 4.78 is 0. The van der Waals surface area contributed by atoms with Crippen molar-refractivity contribution in [3.8, 4) is 0 Å². The van der Waals surface area contributed by atoms with Crippen molar-refractivity contribution in [3.05, 3.63) is 29.8 Å². The molecule has 0 unspecified atom stereocenters. The van der Waals surface area contributed by atoms with Crippen molar-refractivity contribution in [2.75, 3.05) is 11.9 Å². The molecule has 0 saturated heterocycles. The Morgan fingerprint density at radius 2 is 1.83 bits per heavy atom. The van der Waals surface area contributed by atoms with Crippen LogP contribution in [0.4, 0.5) is 5.69 Å². The Kier molecular flexibility index (Phi) is 2.40. The zero-order valence-electron chi connectivity index (χ0n) is 10.4. The number of hydrogen-bond acceptors (Lipinski definition) is 2. The molecule has 1 spiro atoms. The van der Waals surface area contributed by atoms with Crippen LogP contribution < -0.4 is 10.2 Å². The lowest BCUT2D eigenvalue weighted by Gasteiger charge is -2.29. The molecule has 1 aromatic rings. The minimum absolute atomic E-state index is 0.0123. The van der Waals surface area contributed by atoms with Crippen LogP contribution in [0.5, 0.6) is 0 Å². The Labute approximate surface area is 106 Å². The van der Waals surface area contributed by atoms with Crippen LogP contribution in [-0.2, 0) is 4.79 Å². The zero-order chi connectivity index (χ0) is 12.8. The number of carbonyl (C=O) groups is 2. The second-order valence-corrected chi connectivity index (χ2v) is 5.12. The number of carbonyl (C=O) groups excluding carboxylic acids is 2. The number of rotatable bonds is 0. The quantitative estimate of drug-likeness (QED) is 0.755. The van der Waals surface area contributed by atoms with Gasteiger partial charge in [0.15, 0.2) is 0 Å². The van der Waals surface area contributed by atoms with Gasteiger partial charge in [-0.1, -0.05) is 25.0 Å². The minimum atomic E-state index is -0.676. The van der Waals surface area contributed by atoms with E-state index in [1.54, 1.807) is 18.0 Å². The van der Waals surface area contributed by atoms with E-state index in [0.29, 0.717) is 11.3 Å². The molecule has 1 heterocycles. The molecule has 2 amide bonds. The number of fused-ring (bicyclic) bond motifs is 1. The predicted octanol–water partition coefficient (Wildman–Crippen LogP) is 1.71. The number of anilines is 1. The molecule has 0 bridgehead atoms. The van der Waals surface area contributed by atoms with Crippen LogP contribution in [0.1, 0.15) is 36.0 Å². The standard InChI is InChI=1S/C14H16N2O2/c1-16-11-7-3-2-6-10(11)12(17)15-14(13(16)18)8-4-5-9-14/h2-3,6-7H,4-5,8-9H2,1H3,(H,15,17). The number of likely N-dealkylation sites (N-methyl/N-ethyl adjacent to an activating group) is 1. The molecule has 18 heavy (non-hydrogen) atoms. The number of benzene rings is 1. The summed E-state index contributed by atoms with van der Waals surface area (Å²) in [5, 5.41) is 2.96. The number of hydrogen-bond donors (Lipinski definition) is 1. The average molecular weight is 244 g/mol. The number of nitrogens with one attached hydrogen (secondary N) is 1. The van der Waals surface area contributed by atoms with Crippen LogP contribution in [0.2, 0.25) is 0 Å². The molecule has 0 radical (unpaired) electrons. The van der Waals surface area contributed by atoms with Crippen LogP contribution in [0, 0.1) is 0 Å². The lowest BCUT2D eigenvalue weighted by molar-refractivity contribution is -0.124. The summed E-state index contributed by atoms with van der Waals surface area (Å²) in [6.07, 6.45) is 3.48. The van der Waals surface area contributed by atoms with Gasteiger partial charge in [-0.15, -0.1) is 0 Å². The molecular formula is C14H16N2O2. The molecule has 1 fully saturated rings. The van der Waals surface area contributed by atoms with Gasteiger partial charge in [0.1, 0.15) is 5.54 Å². The Balaban J connectivity index is 2.12. The Bertz CT molecular complexity index is 518. The summed E-state index contributed by atoms with van der Waals surface area (Å²) in [5.41, 5.74) is 0.603. The van der Waals surface area contributed by atoms with E-state index in [2.05, 4.69) is 5.32 Å². The van der Waals surface area contributed by atoms with Gasteiger partial charge in [-0.3, -0.25) is 9.59 Å². The van der Waals surface area contributed by atoms with Gasteiger partial charge < -0.3 is 10.2 Å². The highest BCUT2D eigenvalue weighted by atomic mass is 16.2. The normalized spacial score (nSPS) is 21.7. The second-order valence-electron chi connectivity index (χ2n) is 5.12. The van der Waals surface area contributed by atoms with Gasteiger partial charge >= 0.3 is 0 Å². The second kappa shape index (κ2) is 3.83. The summed E-state index contributed by atoms with van der Waals surface area (Å²) in [4.78, 5) is 26.5. The van der Waals surface area contributed by atoms with E-state index in [4.69, 9.17) is 0 Å². The lowest BCUT2D eigenvalue weighted by atomic mass is 9.96. The molecule has 94 valence electrons. The summed E-state index contributed by atoms with van der Waals surface area (Å²) >= 11 is 0. The van der Waals surface area contributed by atoms with E-state index in [0.717, 1.165) is 25.7 Å². The van der Waals surface area contributed by atoms with Crippen LogP contribution >= 0.6 is 0 Å². The van der Waals surface area contributed by atoms with E-state index < -0.39 is 5.54 Å². The number of para-hydroxylation sites is 1. The lowest BCUT2D eigenvalue weighted by Crippen LogP contribution is -2.55. The highest BCUT2D eigenvalue weighted by Gasteiger charge is 2.46. The summed E-state index contributed by atoms with van der Waals surface area (Å²) in [6, 6.07) is 7.26. The van der Waals surface area contributed by atoms with Gasteiger partial charge in [0, 0.05) is 7.05 Å².